The van der Waals surface area contributed by atoms with Gasteiger partial charge in [-0.3, -0.25) is 0 Å². The fourth-order valence-electron chi connectivity index (χ4n) is 1.37. The molecule has 2 nitrogen and oxygen atoms in total. The van der Waals surface area contributed by atoms with E-state index in [1.807, 2.05) is 19.1 Å². The molecule has 1 aliphatic heterocycles. The zero-order chi connectivity index (χ0) is 9.26. The Hall–Kier alpha value is -0.670. The standard InChI is InChI=1S/C10H13NOS/c1-7-9(12)6-13-10-5-3-2-4-8(10)11-7/h2-5,7,9,11-12H,6H2,1H3/t7-,9+/m0/s1. The summed E-state index contributed by atoms with van der Waals surface area (Å²) in [7, 11) is 0. The van der Waals surface area contributed by atoms with Crippen LogP contribution in [0.15, 0.2) is 29.2 Å². The van der Waals surface area contributed by atoms with E-state index in [1.54, 1.807) is 11.8 Å². The molecule has 1 aromatic rings. The molecule has 1 heterocycles. The maximum atomic E-state index is 9.65. The van der Waals surface area contributed by atoms with Crippen LogP contribution in [0.4, 0.5) is 5.69 Å². The zero-order valence-corrected chi connectivity index (χ0v) is 8.34. The molecule has 3 heteroatoms. The number of para-hydroxylation sites is 1. The summed E-state index contributed by atoms with van der Waals surface area (Å²) >= 11 is 1.71. The summed E-state index contributed by atoms with van der Waals surface area (Å²) in [5.41, 5.74) is 1.14. The van der Waals surface area contributed by atoms with E-state index in [9.17, 15) is 5.11 Å². The van der Waals surface area contributed by atoms with Gasteiger partial charge in [-0.1, -0.05) is 12.1 Å². The molecule has 2 N–H and O–H groups in total. The normalized spacial score (nSPS) is 27.2. The second-order valence-corrected chi connectivity index (χ2v) is 4.37. The van der Waals surface area contributed by atoms with Crippen molar-refractivity contribution in [1.29, 1.82) is 0 Å². The molecular weight excluding hydrogens is 182 g/mol. The molecule has 70 valence electrons. The molecule has 0 fully saturated rings. The first-order chi connectivity index (χ1) is 6.27. The van der Waals surface area contributed by atoms with Gasteiger partial charge in [-0.05, 0) is 19.1 Å². The van der Waals surface area contributed by atoms with Gasteiger partial charge in [0, 0.05) is 16.3 Å². The quantitative estimate of drug-likeness (QED) is 0.663. The summed E-state index contributed by atoms with van der Waals surface area (Å²) in [6, 6.07) is 8.30. The number of fused-ring (bicyclic) bond motifs is 1. The predicted molar refractivity (Wildman–Crippen MR) is 56.3 cm³/mol. The number of nitrogens with one attached hydrogen (secondary N) is 1. The molecule has 2 rings (SSSR count). The van der Waals surface area contributed by atoms with Crippen molar-refractivity contribution in [2.24, 2.45) is 0 Å². The third kappa shape index (κ3) is 1.81. The monoisotopic (exact) mass is 195 g/mol. The van der Waals surface area contributed by atoms with Crippen LogP contribution in [0.5, 0.6) is 0 Å². The zero-order valence-electron chi connectivity index (χ0n) is 7.53. The maximum absolute atomic E-state index is 9.65. The van der Waals surface area contributed by atoms with Crippen LogP contribution in [-0.4, -0.2) is 23.0 Å². The Bertz CT molecular complexity index is 303. The van der Waals surface area contributed by atoms with Crippen LogP contribution < -0.4 is 5.32 Å². The van der Waals surface area contributed by atoms with E-state index in [0.717, 1.165) is 11.4 Å². The van der Waals surface area contributed by atoms with Crippen LogP contribution in [0.3, 0.4) is 0 Å². The van der Waals surface area contributed by atoms with Gasteiger partial charge in [0.05, 0.1) is 12.1 Å². The first kappa shape index (κ1) is 8.91. The Morgan fingerprint density at radius 3 is 3.08 bits per heavy atom. The molecule has 0 amide bonds. The topological polar surface area (TPSA) is 32.3 Å². The summed E-state index contributed by atoms with van der Waals surface area (Å²) in [5, 5.41) is 12.9. The van der Waals surface area contributed by atoms with Gasteiger partial charge in [0.1, 0.15) is 0 Å². The highest BCUT2D eigenvalue weighted by Crippen LogP contribution is 2.31. The van der Waals surface area contributed by atoms with Gasteiger partial charge in [0.2, 0.25) is 0 Å². The van der Waals surface area contributed by atoms with E-state index in [2.05, 4.69) is 17.4 Å². The highest BCUT2D eigenvalue weighted by Gasteiger charge is 2.19. The van der Waals surface area contributed by atoms with Gasteiger partial charge in [-0.25, -0.2) is 0 Å². The predicted octanol–water partition coefficient (Wildman–Crippen LogP) is 1.95. The highest BCUT2D eigenvalue weighted by molar-refractivity contribution is 7.99. The Balaban J connectivity index is 2.29. The third-order valence-corrected chi connectivity index (χ3v) is 3.43. The second kappa shape index (κ2) is 3.60. The Labute approximate surface area is 82.4 Å². The van der Waals surface area contributed by atoms with Crippen molar-refractivity contribution in [2.45, 2.75) is 24.0 Å². The third-order valence-electron chi connectivity index (χ3n) is 2.26. The van der Waals surface area contributed by atoms with Gasteiger partial charge in [-0.15, -0.1) is 11.8 Å². The lowest BCUT2D eigenvalue weighted by Crippen LogP contribution is -2.30. The minimum Gasteiger partial charge on any atom is -0.390 e. The minimum absolute atomic E-state index is 0.135. The fourth-order valence-corrected chi connectivity index (χ4v) is 2.47. The lowest BCUT2D eigenvalue weighted by molar-refractivity contribution is 0.183. The molecule has 0 spiro atoms. The van der Waals surface area contributed by atoms with Crippen LogP contribution in [-0.2, 0) is 0 Å². The molecular formula is C10H13NOS. The maximum Gasteiger partial charge on any atom is 0.0832 e. The molecule has 1 aromatic carbocycles. The fraction of sp³-hybridized carbons (Fsp3) is 0.400. The van der Waals surface area contributed by atoms with E-state index >= 15 is 0 Å². The largest absolute Gasteiger partial charge is 0.390 e. The molecule has 0 saturated heterocycles. The van der Waals surface area contributed by atoms with E-state index in [0.29, 0.717) is 0 Å². The first-order valence-electron chi connectivity index (χ1n) is 4.44. The smallest absolute Gasteiger partial charge is 0.0832 e. The van der Waals surface area contributed by atoms with Gasteiger partial charge in [0.25, 0.3) is 0 Å². The van der Waals surface area contributed by atoms with Crippen molar-refractivity contribution in [3.8, 4) is 0 Å². The number of benzene rings is 1. The van der Waals surface area contributed by atoms with Crippen LogP contribution in [0, 0.1) is 0 Å². The Morgan fingerprint density at radius 2 is 2.23 bits per heavy atom. The number of hydrogen-bond acceptors (Lipinski definition) is 3. The van der Waals surface area contributed by atoms with Crippen molar-refractivity contribution >= 4 is 17.4 Å². The van der Waals surface area contributed by atoms with Gasteiger partial charge in [-0.2, -0.15) is 0 Å². The van der Waals surface area contributed by atoms with Crippen molar-refractivity contribution in [3.63, 3.8) is 0 Å². The average molecular weight is 195 g/mol. The SMILES string of the molecule is C[C@@H]1Nc2ccccc2SC[C@H]1O. The van der Waals surface area contributed by atoms with Gasteiger partial charge in [0.15, 0.2) is 0 Å². The Morgan fingerprint density at radius 1 is 1.46 bits per heavy atom. The number of hydrogen-bond donors (Lipinski definition) is 2. The average Bonchev–Trinajstić information content (AvgIpc) is 2.28. The van der Waals surface area contributed by atoms with E-state index in [4.69, 9.17) is 0 Å². The van der Waals surface area contributed by atoms with Crippen molar-refractivity contribution in [3.05, 3.63) is 24.3 Å². The van der Waals surface area contributed by atoms with Crippen LogP contribution in [0.25, 0.3) is 0 Å². The minimum atomic E-state index is -0.266. The Kier molecular flexibility index (Phi) is 2.47. The van der Waals surface area contributed by atoms with Crippen LogP contribution >= 0.6 is 11.8 Å². The second-order valence-electron chi connectivity index (χ2n) is 3.31. The molecule has 0 aliphatic carbocycles. The summed E-state index contributed by atoms with van der Waals surface area (Å²) in [6.07, 6.45) is -0.266. The molecule has 2 atom stereocenters. The van der Waals surface area contributed by atoms with Gasteiger partial charge >= 0.3 is 0 Å². The number of rotatable bonds is 0. The molecule has 1 aliphatic rings. The molecule has 0 aromatic heterocycles. The summed E-state index contributed by atoms with van der Waals surface area (Å²) in [6.45, 7) is 2.01. The van der Waals surface area contributed by atoms with E-state index < -0.39 is 0 Å². The molecule has 0 radical (unpaired) electrons. The first-order valence-corrected chi connectivity index (χ1v) is 5.42. The molecule has 0 saturated carbocycles. The van der Waals surface area contributed by atoms with Crippen molar-refractivity contribution in [1.82, 2.24) is 0 Å². The van der Waals surface area contributed by atoms with Crippen molar-refractivity contribution in [2.75, 3.05) is 11.1 Å². The van der Waals surface area contributed by atoms with Crippen molar-refractivity contribution < 1.29 is 5.11 Å². The molecule has 13 heavy (non-hydrogen) atoms. The summed E-state index contributed by atoms with van der Waals surface area (Å²) in [4.78, 5) is 1.23. The van der Waals surface area contributed by atoms with Crippen LogP contribution in [0.1, 0.15) is 6.92 Å². The molecule has 0 bridgehead atoms. The molecule has 0 unspecified atom stereocenters. The van der Waals surface area contributed by atoms with Gasteiger partial charge < -0.3 is 10.4 Å². The number of aliphatic hydroxyl groups is 1. The summed E-state index contributed by atoms with van der Waals surface area (Å²) < 4.78 is 0. The van der Waals surface area contributed by atoms with Crippen LogP contribution in [0.2, 0.25) is 0 Å². The highest BCUT2D eigenvalue weighted by atomic mass is 32.2. The number of thioether (sulfide) groups is 1. The lowest BCUT2D eigenvalue weighted by Gasteiger charge is -2.16. The van der Waals surface area contributed by atoms with E-state index in [1.165, 1.54) is 4.90 Å². The van der Waals surface area contributed by atoms with E-state index in [-0.39, 0.29) is 12.1 Å². The number of anilines is 1. The number of aliphatic hydroxyl groups excluding tert-OH is 1. The summed E-state index contributed by atoms with van der Waals surface area (Å²) in [5.74, 6) is 0.769. The lowest BCUT2D eigenvalue weighted by atomic mass is 10.2.